The van der Waals surface area contributed by atoms with Crippen LogP contribution in [-0.4, -0.2) is 39.9 Å². The number of hydrogen-bond donors (Lipinski definition) is 2. The molecule has 178 valence electrons. The zero-order valence-electron chi connectivity index (χ0n) is 19.5. The largest absolute Gasteiger partial charge is 0.394 e. The molecule has 4 atom stereocenters. The Kier molecular flexibility index (Phi) is 5.65. The quantitative estimate of drug-likeness (QED) is 0.561. The monoisotopic (exact) mass is 469 g/mol. The minimum Gasteiger partial charge on any atom is -0.394 e. The van der Waals surface area contributed by atoms with Crippen LogP contribution < -0.4 is 10.6 Å². The Balaban J connectivity index is 0.000000591. The average Bonchev–Trinajstić information content (AvgIpc) is 3.31. The highest BCUT2D eigenvalue weighted by Gasteiger charge is 2.64. The molecule has 3 aliphatic rings. The molecule has 0 saturated carbocycles. The summed E-state index contributed by atoms with van der Waals surface area (Å²) in [6.07, 6.45) is 3.53. The van der Waals surface area contributed by atoms with Crippen LogP contribution >= 0.6 is 0 Å². The van der Waals surface area contributed by atoms with Gasteiger partial charge in [-0.1, -0.05) is 54.6 Å². The highest BCUT2D eigenvalue weighted by atomic mass is 16.3. The molecule has 7 nitrogen and oxygen atoms in total. The van der Waals surface area contributed by atoms with Gasteiger partial charge in [0, 0.05) is 12.3 Å². The van der Waals surface area contributed by atoms with Gasteiger partial charge in [0.25, 0.3) is 0 Å². The summed E-state index contributed by atoms with van der Waals surface area (Å²) in [6, 6.07) is 19.8. The van der Waals surface area contributed by atoms with Gasteiger partial charge in [0.2, 0.25) is 17.7 Å². The summed E-state index contributed by atoms with van der Waals surface area (Å²) in [5.74, 6) is -2.72. The van der Waals surface area contributed by atoms with Gasteiger partial charge in [-0.05, 0) is 54.0 Å². The fraction of sp³-hybridized carbons (Fsp3) is 0.250. The maximum absolute atomic E-state index is 13.7. The van der Waals surface area contributed by atoms with Gasteiger partial charge in [-0.15, -0.1) is 0 Å². The third-order valence-electron chi connectivity index (χ3n) is 6.74. The molecule has 0 bridgehead atoms. The predicted molar refractivity (Wildman–Crippen MR) is 134 cm³/mol. The van der Waals surface area contributed by atoms with Gasteiger partial charge in [0.1, 0.15) is 6.04 Å². The zero-order valence-corrected chi connectivity index (χ0v) is 19.5. The molecular weight excluding hydrogens is 442 g/mol. The molecule has 7 heteroatoms. The molecule has 0 aromatic heterocycles. The van der Waals surface area contributed by atoms with Crippen LogP contribution in [0.15, 0.2) is 72.9 Å². The van der Waals surface area contributed by atoms with E-state index in [0.29, 0.717) is 5.69 Å². The summed E-state index contributed by atoms with van der Waals surface area (Å²) in [5, 5.41) is 10.0. The van der Waals surface area contributed by atoms with E-state index in [1.165, 1.54) is 4.90 Å². The van der Waals surface area contributed by atoms with Gasteiger partial charge in [-0.2, -0.15) is 0 Å². The van der Waals surface area contributed by atoms with Crippen molar-refractivity contribution in [2.45, 2.75) is 32.0 Å². The van der Waals surface area contributed by atoms with Crippen LogP contribution in [0.4, 0.5) is 5.69 Å². The second-order valence-electron chi connectivity index (χ2n) is 9.37. The van der Waals surface area contributed by atoms with E-state index in [0.717, 1.165) is 21.9 Å². The molecule has 3 amide bonds. The number of imide groups is 1. The number of aliphatic hydroxyl groups excluding tert-OH is 1. The van der Waals surface area contributed by atoms with E-state index in [9.17, 15) is 14.4 Å². The minimum atomic E-state index is -0.860. The van der Waals surface area contributed by atoms with Crippen LogP contribution in [0.3, 0.4) is 0 Å². The number of nitrogens with two attached hydrogens (primary N) is 1. The summed E-state index contributed by atoms with van der Waals surface area (Å²) in [6.45, 7) is 3.44. The Labute approximate surface area is 203 Å². The van der Waals surface area contributed by atoms with Crippen LogP contribution in [0.2, 0.25) is 0 Å². The molecule has 3 heterocycles. The van der Waals surface area contributed by atoms with Gasteiger partial charge in [0.15, 0.2) is 0 Å². The number of anilines is 1. The average molecular weight is 470 g/mol. The van der Waals surface area contributed by atoms with Crippen LogP contribution in [0.1, 0.15) is 31.0 Å². The third-order valence-corrected chi connectivity index (χ3v) is 6.74. The number of carbonyl (C=O) groups is 3. The molecular formula is C28H27N3O4. The van der Waals surface area contributed by atoms with E-state index in [1.807, 2.05) is 66.7 Å². The molecule has 3 N–H and O–H groups in total. The van der Waals surface area contributed by atoms with E-state index in [-0.39, 0.29) is 17.9 Å². The van der Waals surface area contributed by atoms with Crippen molar-refractivity contribution in [3.8, 4) is 0 Å². The first-order valence-electron chi connectivity index (χ1n) is 11.7. The van der Waals surface area contributed by atoms with E-state index in [4.69, 9.17) is 10.8 Å². The van der Waals surface area contributed by atoms with Crippen LogP contribution in [0.25, 0.3) is 16.8 Å². The van der Waals surface area contributed by atoms with Crippen LogP contribution in [-0.2, 0) is 14.4 Å². The fourth-order valence-corrected chi connectivity index (χ4v) is 5.45. The van der Waals surface area contributed by atoms with Gasteiger partial charge >= 0.3 is 0 Å². The molecule has 3 aromatic rings. The molecule has 6 rings (SSSR count). The molecule has 2 saturated heterocycles. The number of benzene rings is 3. The molecule has 0 spiro atoms. The molecule has 35 heavy (non-hydrogen) atoms. The van der Waals surface area contributed by atoms with Crippen LogP contribution in [0, 0.1) is 11.8 Å². The van der Waals surface area contributed by atoms with Gasteiger partial charge in [-0.3, -0.25) is 14.4 Å². The third kappa shape index (κ3) is 3.68. The van der Waals surface area contributed by atoms with E-state index < -0.39 is 29.8 Å². The minimum absolute atomic E-state index is 0.167. The SMILES string of the molecule is CC(C)O.NC(=O)C1C2C(=O)N(c3ccc4ccccc4c3)C(=O)C2C2c3ccccc3C=CN12. The topological polar surface area (TPSA) is 104 Å². The number of primary amides is 1. The number of amides is 3. The Hall–Kier alpha value is -3.97. The Morgan fingerprint density at radius 1 is 0.914 bits per heavy atom. The lowest BCUT2D eigenvalue weighted by Crippen LogP contribution is -2.46. The molecule has 0 radical (unpaired) electrons. The first-order chi connectivity index (χ1) is 16.8. The predicted octanol–water partition coefficient (Wildman–Crippen LogP) is 3.23. The molecule has 3 aromatic carbocycles. The molecule has 2 fully saturated rings. The van der Waals surface area contributed by atoms with Crippen molar-refractivity contribution in [3.05, 3.63) is 84.1 Å². The lowest BCUT2D eigenvalue weighted by atomic mass is 9.84. The van der Waals surface area contributed by atoms with Crippen LogP contribution in [0.5, 0.6) is 0 Å². The summed E-state index contributed by atoms with van der Waals surface area (Å²) >= 11 is 0. The first kappa shape index (κ1) is 22.8. The van der Waals surface area contributed by atoms with E-state index >= 15 is 0 Å². The highest BCUT2D eigenvalue weighted by Crippen LogP contribution is 2.53. The smallest absolute Gasteiger partial charge is 0.240 e. The standard InChI is InChI=1S/C25H19N3O3.C3H8O/c26-23(29)22-20-19(21-18-8-4-3-6-15(18)11-12-27(21)22)24(30)28(25(20)31)17-10-9-14-5-1-2-7-16(14)13-17;1-3(2)4/h1-13,19-22H,(H2,26,29);3-4H,1-2H3. The Morgan fingerprint density at radius 2 is 1.54 bits per heavy atom. The molecule has 3 aliphatic heterocycles. The van der Waals surface area contributed by atoms with Crippen molar-refractivity contribution in [2.75, 3.05) is 4.90 Å². The number of fused-ring (bicyclic) bond motifs is 6. The number of hydrogen-bond acceptors (Lipinski definition) is 5. The van der Waals surface area contributed by atoms with Crippen molar-refractivity contribution in [1.82, 2.24) is 4.90 Å². The Bertz CT molecular complexity index is 1360. The van der Waals surface area contributed by atoms with Crippen molar-refractivity contribution in [3.63, 3.8) is 0 Å². The van der Waals surface area contributed by atoms with Crippen molar-refractivity contribution < 1.29 is 19.5 Å². The number of aliphatic hydroxyl groups is 1. The van der Waals surface area contributed by atoms with E-state index in [1.54, 1.807) is 31.0 Å². The normalized spacial score (nSPS) is 24.2. The summed E-state index contributed by atoms with van der Waals surface area (Å²) in [4.78, 5) is 42.7. The number of rotatable bonds is 2. The van der Waals surface area contributed by atoms with Gasteiger partial charge in [-0.25, -0.2) is 4.90 Å². The van der Waals surface area contributed by atoms with Crippen molar-refractivity contribution in [1.29, 1.82) is 0 Å². The number of carbonyl (C=O) groups excluding carboxylic acids is 3. The zero-order chi connectivity index (χ0) is 24.9. The van der Waals surface area contributed by atoms with Gasteiger partial charge < -0.3 is 15.7 Å². The number of nitrogens with zero attached hydrogens (tertiary/aromatic N) is 2. The summed E-state index contributed by atoms with van der Waals surface area (Å²) in [5.41, 5.74) is 8.19. The summed E-state index contributed by atoms with van der Waals surface area (Å²) < 4.78 is 0. The first-order valence-corrected chi connectivity index (χ1v) is 11.7. The second-order valence-corrected chi connectivity index (χ2v) is 9.37. The second kappa shape index (κ2) is 8.67. The lowest BCUT2D eigenvalue weighted by Gasteiger charge is -2.34. The lowest BCUT2D eigenvalue weighted by molar-refractivity contribution is -0.129. The fourth-order valence-electron chi connectivity index (χ4n) is 5.45. The maximum atomic E-state index is 13.7. The maximum Gasteiger partial charge on any atom is 0.240 e. The Morgan fingerprint density at radius 3 is 2.26 bits per heavy atom. The van der Waals surface area contributed by atoms with E-state index in [2.05, 4.69) is 0 Å². The highest BCUT2D eigenvalue weighted by molar-refractivity contribution is 6.24. The van der Waals surface area contributed by atoms with Gasteiger partial charge in [0.05, 0.1) is 23.6 Å². The molecule has 0 aliphatic carbocycles. The van der Waals surface area contributed by atoms with Crippen molar-refractivity contribution in [2.24, 2.45) is 17.6 Å². The summed E-state index contributed by atoms with van der Waals surface area (Å²) in [7, 11) is 0. The van der Waals surface area contributed by atoms with Crippen molar-refractivity contribution >= 4 is 40.3 Å². The molecule has 4 unspecified atom stereocenters.